The number of carbonyl (C=O) groups excluding carboxylic acids is 2. The zero-order valence-corrected chi connectivity index (χ0v) is 10.9. The lowest BCUT2D eigenvalue weighted by atomic mass is 10.2. The van der Waals surface area contributed by atoms with E-state index in [1.807, 2.05) is 19.1 Å². The second kappa shape index (κ2) is 5.54. The zero-order valence-electron chi connectivity index (χ0n) is 10.1. The molecule has 1 atom stereocenters. The molecule has 96 valence electrons. The van der Waals surface area contributed by atoms with Crippen LogP contribution in [0.4, 0.5) is 5.69 Å². The third-order valence-electron chi connectivity index (χ3n) is 2.81. The van der Waals surface area contributed by atoms with E-state index in [4.69, 9.17) is 5.11 Å². The number of hydrogen-bond acceptors (Lipinski definition) is 4. The average molecular weight is 265 g/mol. The minimum Gasteiger partial charge on any atom is -0.396 e. The van der Waals surface area contributed by atoms with Gasteiger partial charge in [-0.3, -0.25) is 9.59 Å². The lowest BCUT2D eigenvalue weighted by Gasteiger charge is -2.14. The first kappa shape index (κ1) is 13.1. The van der Waals surface area contributed by atoms with Gasteiger partial charge in [-0.2, -0.15) is 0 Å². The number of benzene rings is 1. The summed E-state index contributed by atoms with van der Waals surface area (Å²) in [5.41, 5.74) is 1.71. The Morgan fingerprint density at radius 2 is 2.00 bits per heavy atom. The maximum atomic E-state index is 12.1. The van der Waals surface area contributed by atoms with Gasteiger partial charge in [-0.05, 0) is 19.1 Å². The van der Waals surface area contributed by atoms with Crippen LogP contribution in [0.3, 0.4) is 0 Å². The zero-order chi connectivity index (χ0) is 13.1. The topological polar surface area (TPSA) is 57.6 Å². The molecular weight excluding hydrogens is 250 g/mol. The Balaban J connectivity index is 2.16. The second-order valence-corrected chi connectivity index (χ2v) is 5.50. The van der Waals surface area contributed by atoms with Gasteiger partial charge in [0.1, 0.15) is 0 Å². The van der Waals surface area contributed by atoms with Crippen molar-refractivity contribution in [1.29, 1.82) is 0 Å². The molecule has 0 aromatic heterocycles. The second-order valence-electron chi connectivity index (χ2n) is 4.19. The molecule has 1 unspecified atom stereocenters. The van der Waals surface area contributed by atoms with Gasteiger partial charge in [-0.15, -0.1) is 11.8 Å². The van der Waals surface area contributed by atoms with Gasteiger partial charge in [0, 0.05) is 12.2 Å². The molecule has 1 aliphatic heterocycles. The van der Waals surface area contributed by atoms with Crippen LogP contribution in [0.15, 0.2) is 24.3 Å². The first-order valence-corrected chi connectivity index (χ1v) is 6.84. The highest BCUT2D eigenvalue weighted by molar-refractivity contribution is 8.00. The van der Waals surface area contributed by atoms with Gasteiger partial charge < -0.3 is 5.11 Å². The van der Waals surface area contributed by atoms with Crippen LogP contribution in [0, 0.1) is 6.92 Å². The highest BCUT2D eigenvalue weighted by Crippen LogP contribution is 2.29. The van der Waals surface area contributed by atoms with E-state index in [0.717, 1.165) is 5.56 Å². The fourth-order valence-electron chi connectivity index (χ4n) is 1.89. The van der Waals surface area contributed by atoms with Crippen LogP contribution in [-0.4, -0.2) is 34.5 Å². The molecule has 2 amide bonds. The number of rotatable bonds is 4. The summed E-state index contributed by atoms with van der Waals surface area (Å²) in [6.07, 6.45) is 0.220. The SMILES string of the molecule is Cc1ccc(N2C(=O)CC(SCCO)C2=O)cc1. The summed E-state index contributed by atoms with van der Waals surface area (Å²) >= 11 is 1.34. The van der Waals surface area contributed by atoms with Gasteiger partial charge in [-0.25, -0.2) is 4.90 Å². The molecule has 0 aliphatic carbocycles. The highest BCUT2D eigenvalue weighted by Gasteiger charge is 2.39. The van der Waals surface area contributed by atoms with Crippen molar-refractivity contribution in [1.82, 2.24) is 0 Å². The van der Waals surface area contributed by atoms with Crippen molar-refractivity contribution < 1.29 is 14.7 Å². The fourth-order valence-corrected chi connectivity index (χ4v) is 2.79. The molecule has 1 saturated heterocycles. The molecule has 1 heterocycles. The highest BCUT2D eigenvalue weighted by atomic mass is 32.2. The maximum absolute atomic E-state index is 12.1. The third-order valence-corrected chi connectivity index (χ3v) is 4.00. The lowest BCUT2D eigenvalue weighted by molar-refractivity contribution is -0.121. The van der Waals surface area contributed by atoms with Crippen molar-refractivity contribution >= 4 is 29.3 Å². The predicted molar refractivity (Wildman–Crippen MR) is 71.6 cm³/mol. The van der Waals surface area contributed by atoms with Crippen LogP contribution in [0.1, 0.15) is 12.0 Å². The molecular formula is C13H15NO3S. The summed E-state index contributed by atoms with van der Waals surface area (Å²) in [5, 5.41) is 8.41. The summed E-state index contributed by atoms with van der Waals surface area (Å²) in [4.78, 5) is 25.2. The van der Waals surface area contributed by atoms with Crippen molar-refractivity contribution in [3.63, 3.8) is 0 Å². The van der Waals surface area contributed by atoms with E-state index < -0.39 is 0 Å². The first-order valence-electron chi connectivity index (χ1n) is 5.79. The molecule has 0 bridgehead atoms. The van der Waals surface area contributed by atoms with E-state index in [1.165, 1.54) is 16.7 Å². The summed E-state index contributed by atoms with van der Waals surface area (Å²) in [6, 6.07) is 7.32. The average Bonchev–Trinajstić information content (AvgIpc) is 2.63. The van der Waals surface area contributed by atoms with Crippen LogP contribution >= 0.6 is 11.8 Å². The van der Waals surface area contributed by atoms with Gasteiger partial charge in [-0.1, -0.05) is 17.7 Å². The van der Waals surface area contributed by atoms with Crippen LogP contribution in [0.2, 0.25) is 0 Å². The monoisotopic (exact) mass is 265 g/mol. The fraction of sp³-hybridized carbons (Fsp3) is 0.385. The molecule has 1 aromatic carbocycles. The quantitative estimate of drug-likeness (QED) is 0.835. The van der Waals surface area contributed by atoms with E-state index >= 15 is 0 Å². The normalized spacial score (nSPS) is 19.7. The summed E-state index contributed by atoms with van der Waals surface area (Å²) in [7, 11) is 0. The molecule has 0 spiro atoms. The van der Waals surface area contributed by atoms with Crippen molar-refractivity contribution in [2.75, 3.05) is 17.3 Å². The molecule has 1 aliphatic rings. The van der Waals surface area contributed by atoms with Crippen molar-refractivity contribution in [3.05, 3.63) is 29.8 Å². The van der Waals surface area contributed by atoms with E-state index in [1.54, 1.807) is 12.1 Å². The van der Waals surface area contributed by atoms with Crippen LogP contribution in [-0.2, 0) is 9.59 Å². The van der Waals surface area contributed by atoms with Gasteiger partial charge in [0.05, 0.1) is 17.5 Å². The molecule has 2 rings (SSSR count). The summed E-state index contributed by atoms with van der Waals surface area (Å²) < 4.78 is 0. The molecule has 1 aromatic rings. The van der Waals surface area contributed by atoms with E-state index in [-0.39, 0.29) is 30.1 Å². The third kappa shape index (κ3) is 2.57. The molecule has 0 saturated carbocycles. The Labute approximate surface area is 110 Å². The van der Waals surface area contributed by atoms with Crippen LogP contribution in [0.25, 0.3) is 0 Å². The van der Waals surface area contributed by atoms with Crippen molar-refractivity contribution in [2.45, 2.75) is 18.6 Å². The van der Waals surface area contributed by atoms with Crippen molar-refractivity contribution in [2.24, 2.45) is 0 Å². The smallest absolute Gasteiger partial charge is 0.247 e. The first-order chi connectivity index (χ1) is 8.63. The number of thioether (sulfide) groups is 1. The minimum atomic E-state index is -0.356. The van der Waals surface area contributed by atoms with Crippen molar-refractivity contribution in [3.8, 4) is 0 Å². The van der Waals surface area contributed by atoms with Gasteiger partial charge in [0.2, 0.25) is 11.8 Å². The number of nitrogens with zero attached hydrogens (tertiary/aromatic N) is 1. The van der Waals surface area contributed by atoms with Crippen LogP contribution in [0.5, 0.6) is 0 Å². The number of carbonyl (C=O) groups is 2. The molecule has 4 nitrogen and oxygen atoms in total. The number of aliphatic hydroxyl groups is 1. The molecule has 5 heteroatoms. The van der Waals surface area contributed by atoms with E-state index in [2.05, 4.69) is 0 Å². The predicted octanol–water partition coefficient (Wildman–Crippen LogP) is 1.35. The Kier molecular flexibility index (Phi) is 4.04. The number of hydrogen-bond donors (Lipinski definition) is 1. The Morgan fingerprint density at radius 1 is 1.33 bits per heavy atom. The summed E-state index contributed by atoms with van der Waals surface area (Å²) in [6.45, 7) is 1.98. The lowest BCUT2D eigenvalue weighted by Crippen LogP contribution is -2.31. The van der Waals surface area contributed by atoms with Gasteiger partial charge in [0.15, 0.2) is 0 Å². The Hall–Kier alpha value is -1.33. The number of anilines is 1. The maximum Gasteiger partial charge on any atom is 0.247 e. The van der Waals surface area contributed by atoms with Gasteiger partial charge >= 0.3 is 0 Å². The number of aryl methyl sites for hydroxylation is 1. The molecule has 1 N–H and O–H groups in total. The number of imide groups is 1. The van der Waals surface area contributed by atoms with Crippen LogP contribution < -0.4 is 4.90 Å². The standard InChI is InChI=1S/C13H15NO3S/c1-9-2-4-10(5-3-9)14-12(16)8-11(13(14)17)18-7-6-15/h2-5,11,15H,6-8H2,1H3. The van der Waals surface area contributed by atoms with Gasteiger partial charge in [0.25, 0.3) is 0 Å². The Morgan fingerprint density at radius 3 is 2.61 bits per heavy atom. The largest absolute Gasteiger partial charge is 0.396 e. The summed E-state index contributed by atoms with van der Waals surface area (Å²) in [5.74, 6) is 0.132. The number of amides is 2. The molecule has 0 radical (unpaired) electrons. The molecule has 18 heavy (non-hydrogen) atoms. The molecule has 1 fully saturated rings. The van der Waals surface area contributed by atoms with E-state index in [9.17, 15) is 9.59 Å². The number of aliphatic hydroxyl groups excluding tert-OH is 1. The Bertz CT molecular complexity index is 458. The van der Waals surface area contributed by atoms with E-state index in [0.29, 0.717) is 11.4 Å². The minimum absolute atomic E-state index is 0.0210.